The highest BCUT2D eigenvalue weighted by molar-refractivity contribution is 7.92. The van der Waals surface area contributed by atoms with E-state index in [1.807, 2.05) is 12.1 Å². The summed E-state index contributed by atoms with van der Waals surface area (Å²) in [5.41, 5.74) is 1.17. The van der Waals surface area contributed by atoms with Crippen molar-refractivity contribution in [3.63, 3.8) is 0 Å². The van der Waals surface area contributed by atoms with Gasteiger partial charge < -0.3 is 5.32 Å². The lowest BCUT2D eigenvalue weighted by atomic mass is 10.0. The summed E-state index contributed by atoms with van der Waals surface area (Å²) in [6, 6.07) is 7.27. The minimum atomic E-state index is -3.19. The molecule has 0 amide bonds. The lowest BCUT2D eigenvalue weighted by Gasteiger charge is -2.13. The molecule has 3 nitrogen and oxygen atoms in total. The fraction of sp³-hybridized carbons (Fsp3) is 0.538. The molecule has 0 aromatic heterocycles. The van der Waals surface area contributed by atoms with Gasteiger partial charge in [0, 0.05) is 0 Å². The Hall–Kier alpha value is -0.870. The maximum Gasteiger partial charge on any atom is 0.194 e. The maximum atomic E-state index is 12.3. The smallest absolute Gasteiger partial charge is 0.194 e. The third-order valence-corrected chi connectivity index (χ3v) is 5.35. The molecule has 1 aliphatic rings. The molecule has 1 heterocycles. The van der Waals surface area contributed by atoms with Gasteiger partial charge in [-0.25, -0.2) is 8.42 Å². The second kappa shape index (κ2) is 4.78. The van der Waals surface area contributed by atoms with Crippen LogP contribution in [0, 0.1) is 0 Å². The van der Waals surface area contributed by atoms with Crippen LogP contribution in [0.3, 0.4) is 0 Å². The standard InChI is InChI=1S/C13H19NO2S/c1-10(2)11-5-7-12(8-6-11)17(15,16)13-4-3-9-14-13/h5-8,10,13-14H,3-4,9H2,1-2H3. The Morgan fingerprint density at radius 2 is 1.88 bits per heavy atom. The molecular formula is C13H19NO2S. The molecule has 0 saturated carbocycles. The molecule has 0 bridgehead atoms. The van der Waals surface area contributed by atoms with E-state index in [-0.39, 0.29) is 0 Å². The number of hydrogen-bond acceptors (Lipinski definition) is 3. The van der Waals surface area contributed by atoms with E-state index in [1.54, 1.807) is 12.1 Å². The minimum Gasteiger partial charge on any atom is -0.301 e. The summed E-state index contributed by atoms with van der Waals surface area (Å²) in [5.74, 6) is 0.427. The number of nitrogens with one attached hydrogen (secondary N) is 1. The van der Waals surface area contributed by atoms with Crippen LogP contribution in [0.4, 0.5) is 0 Å². The first kappa shape index (κ1) is 12.6. The highest BCUT2D eigenvalue weighted by atomic mass is 32.2. The van der Waals surface area contributed by atoms with Crippen molar-refractivity contribution in [3.8, 4) is 0 Å². The highest BCUT2D eigenvalue weighted by Crippen LogP contribution is 2.23. The number of rotatable bonds is 3. The topological polar surface area (TPSA) is 46.2 Å². The van der Waals surface area contributed by atoms with Crippen LogP contribution in [0.2, 0.25) is 0 Å². The van der Waals surface area contributed by atoms with Gasteiger partial charge in [0.2, 0.25) is 0 Å². The van der Waals surface area contributed by atoms with Crippen molar-refractivity contribution < 1.29 is 8.42 Å². The Morgan fingerprint density at radius 3 is 2.35 bits per heavy atom. The van der Waals surface area contributed by atoms with Gasteiger partial charge in [0.15, 0.2) is 9.84 Å². The van der Waals surface area contributed by atoms with E-state index in [4.69, 9.17) is 0 Å². The van der Waals surface area contributed by atoms with Crippen molar-refractivity contribution in [2.45, 2.75) is 42.9 Å². The molecule has 17 heavy (non-hydrogen) atoms. The largest absolute Gasteiger partial charge is 0.301 e. The molecule has 0 spiro atoms. The molecule has 1 fully saturated rings. The zero-order chi connectivity index (χ0) is 12.5. The lowest BCUT2D eigenvalue weighted by Crippen LogP contribution is -2.30. The van der Waals surface area contributed by atoms with Crippen molar-refractivity contribution in [2.75, 3.05) is 6.54 Å². The third-order valence-electron chi connectivity index (χ3n) is 3.26. The maximum absolute atomic E-state index is 12.3. The van der Waals surface area contributed by atoms with Crippen LogP contribution in [0.25, 0.3) is 0 Å². The highest BCUT2D eigenvalue weighted by Gasteiger charge is 2.29. The van der Waals surface area contributed by atoms with Gasteiger partial charge in [0.05, 0.1) is 4.90 Å². The predicted octanol–water partition coefficient (Wildman–Crippen LogP) is 2.29. The molecule has 0 aliphatic carbocycles. The Balaban J connectivity index is 2.27. The average Bonchev–Trinajstić information content (AvgIpc) is 2.83. The van der Waals surface area contributed by atoms with Crippen molar-refractivity contribution in [1.82, 2.24) is 5.32 Å². The van der Waals surface area contributed by atoms with E-state index in [0.29, 0.717) is 17.2 Å². The number of sulfone groups is 1. The van der Waals surface area contributed by atoms with Crippen molar-refractivity contribution in [3.05, 3.63) is 29.8 Å². The van der Waals surface area contributed by atoms with Crippen LogP contribution in [0.1, 0.15) is 38.2 Å². The van der Waals surface area contributed by atoms with Crippen LogP contribution in [-0.4, -0.2) is 20.3 Å². The van der Waals surface area contributed by atoms with Crippen molar-refractivity contribution >= 4 is 9.84 Å². The normalized spacial score (nSPS) is 21.0. The second-order valence-electron chi connectivity index (χ2n) is 4.85. The Labute approximate surface area is 103 Å². The first-order valence-electron chi connectivity index (χ1n) is 6.09. The van der Waals surface area contributed by atoms with Gasteiger partial charge in [-0.3, -0.25) is 0 Å². The molecule has 94 valence electrons. The van der Waals surface area contributed by atoms with E-state index in [2.05, 4.69) is 19.2 Å². The summed E-state index contributed by atoms with van der Waals surface area (Å²) in [5, 5.41) is 2.65. The average molecular weight is 253 g/mol. The van der Waals surface area contributed by atoms with E-state index < -0.39 is 15.2 Å². The number of benzene rings is 1. The van der Waals surface area contributed by atoms with Gasteiger partial charge in [-0.15, -0.1) is 0 Å². The molecule has 1 aromatic rings. The predicted molar refractivity (Wildman–Crippen MR) is 68.7 cm³/mol. The Morgan fingerprint density at radius 1 is 1.24 bits per heavy atom. The van der Waals surface area contributed by atoms with E-state index >= 15 is 0 Å². The molecule has 4 heteroatoms. The van der Waals surface area contributed by atoms with Gasteiger partial charge in [-0.2, -0.15) is 0 Å². The molecule has 1 N–H and O–H groups in total. The van der Waals surface area contributed by atoms with E-state index in [1.165, 1.54) is 5.56 Å². The summed E-state index contributed by atoms with van der Waals surface area (Å²) in [7, 11) is -3.19. The minimum absolute atomic E-state index is 0.396. The summed E-state index contributed by atoms with van der Waals surface area (Å²) in [6.45, 7) is 5.00. The molecule has 1 atom stereocenters. The van der Waals surface area contributed by atoms with Gasteiger partial charge >= 0.3 is 0 Å². The SMILES string of the molecule is CC(C)c1ccc(S(=O)(=O)C2CCCN2)cc1. The zero-order valence-corrected chi connectivity index (χ0v) is 11.1. The monoisotopic (exact) mass is 253 g/mol. The lowest BCUT2D eigenvalue weighted by molar-refractivity contribution is 0.571. The van der Waals surface area contributed by atoms with Crippen molar-refractivity contribution in [2.24, 2.45) is 0 Å². The third kappa shape index (κ3) is 2.53. The van der Waals surface area contributed by atoms with Gasteiger partial charge in [-0.1, -0.05) is 26.0 Å². The number of hydrogen-bond donors (Lipinski definition) is 1. The summed E-state index contributed by atoms with van der Waals surface area (Å²) in [6.07, 6.45) is 1.65. The van der Waals surface area contributed by atoms with Gasteiger partial charge in [0.25, 0.3) is 0 Å². The quantitative estimate of drug-likeness (QED) is 0.899. The van der Waals surface area contributed by atoms with Gasteiger partial charge in [0.1, 0.15) is 5.37 Å². The fourth-order valence-electron chi connectivity index (χ4n) is 2.12. The van der Waals surface area contributed by atoms with E-state index in [0.717, 1.165) is 13.0 Å². The van der Waals surface area contributed by atoms with Crippen molar-refractivity contribution in [1.29, 1.82) is 0 Å². The first-order chi connectivity index (χ1) is 8.01. The molecular weight excluding hydrogens is 234 g/mol. The Bertz CT molecular complexity index is 471. The molecule has 1 saturated heterocycles. The van der Waals surface area contributed by atoms with Crippen LogP contribution in [-0.2, 0) is 9.84 Å². The molecule has 2 rings (SSSR count). The fourth-order valence-corrected chi connectivity index (χ4v) is 3.78. The van der Waals surface area contributed by atoms with Crippen LogP contribution >= 0.6 is 0 Å². The zero-order valence-electron chi connectivity index (χ0n) is 10.3. The summed E-state index contributed by atoms with van der Waals surface area (Å²) in [4.78, 5) is 0.432. The van der Waals surface area contributed by atoms with Crippen LogP contribution < -0.4 is 5.32 Å². The Kier molecular flexibility index (Phi) is 3.54. The summed E-state index contributed by atoms with van der Waals surface area (Å²) < 4.78 is 24.5. The first-order valence-corrected chi connectivity index (χ1v) is 7.63. The van der Waals surface area contributed by atoms with E-state index in [9.17, 15) is 8.42 Å². The molecule has 1 aliphatic heterocycles. The van der Waals surface area contributed by atoms with Gasteiger partial charge in [-0.05, 0) is 43.0 Å². The van der Waals surface area contributed by atoms with Crippen LogP contribution in [0.15, 0.2) is 29.2 Å². The summed E-state index contributed by atoms with van der Waals surface area (Å²) >= 11 is 0. The molecule has 0 radical (unpaired) electrons. The second-order valence-corrected chi connectivity index (χ2v) is 6.98. The molecule has 1 aromatic carbocycles. The van der Waals surface area contributed by atoms with Crippen LogP contribution in [0.5, 0.6) is 0 Å². The molecule has 1 unspecified atom stereocenters.